The zero-order valence-corrected chi connectivity index (χ0v) is 23.9. The molecule has 12 nitrogen and oxygen atoms in total. The van der Waals surface area contributed by atoms with Gasteiger partial charge in [0, 0.05) is 34.8 Å². The number of nitrogens with zero attached hydrogens (tertiary/aromatic N) is 3. The van der Waals surface area contributed by atoms with Crippen molar-refractivity contribution in [1.29, 1.82) is 0 Å². The van der Waals surface area contributed by atoms with Gasteiger partial charge in [0.25, 0.3) is 5.91 Å². The number of aromatic nitrogens is 3. The minimum atomic E-state index is -4.60. The van der Waals surface area contributed by atoms with Crippen LogP contribution in [0.3, 0.4) is 0 Å². The van der Waals surface area contributed by atoms with E-state index in [4.69, 9.17) is 22.1 Å². The fourth-order valence-corrected chi connectivity index (χ4v) is 4.55. The van der Waals surface area contributed by atoms with Crippen LogP contribution >= 0.6 is 11.6 Å². The summed E-state index contributed by atoms with van der Waals surface area (Å²) in [5.41, 5.74) is 5.83. The Labute approximate surface area is 254 Å². The Kier molecular flexibility index (Phi) is 8.50. The average Bonchev–Trinajstić information content (AvgIpc) is 3.91. The molecule has 3 aromatic rings. The molecule has 232 valence electrons. The van der Waals surface area contributed by atoms with Gasteiger partial charge in [-0.3, -0.25) is 14.4 Å². The summed E-state index contributed by atoms with van der Waals surface area (Å²) < 4.78 is 43.4. The molecule has 2 aromatic carbocycles. The van der Waals surface area contributed by atoms with Crippen LogP contribution in [0.15, 0.2) is 48.5 Å². The van der Waals surface area contributed by atoms with E-state index in [1.54, 1.807) is 36.4 Å². The number of amides is 3. The SMILES string of the molecule is NC(=O)C(=O)NCC1(CNC(=O)c2ccc(Nc3nc(NC4(c5ccc(Cl)cc5)CC4)nc(OCC(F)(F)F)n3)cc2)CC1. The molecule has 0 spiro atoms. The highest BCUT2D eigenvalue weighted by atomic mass is 35.5. The van der Waals surface area contributed by atoms with Crippen LogP contribution in [0.2, 0.25) is 5.02 Å². The highest BCUT2D eigenvalue weighted by molar-refractivity contribution is 6.34. The van der Waals surface area contributed by atoms with Crippen LogP contribution in [0.25, 0.3) is 0 Å². The summed E-state index contributed by atoms with van der Waals surface area (Å²) in [6, 6.07) is 12.9. The molecule has 16 heteroatoms. The summed E-state index contributed by atoms with van der Waals surface area (Å²) in [6.07, 6.45) is -1.56. The molecule has 0 unspecified atom stereocenters. The van der Waals surface area contributed by atoms with E-state index in [0.29, 0.717) is 22.8 Å². The molecule has 2 aliphatic carbocycles. The molecular formula is C28H28ClF3N8O4. The number of hydrogen-bond acceptors (Lipinski definition) is 9. The number of benzene rings is 2. The average molecular weight is 633 g/mol. The Hall–Kier alpha value is -4.66. The first kappa shape index (κ1) is 30.8. The molecule has 1 heterocycles. The second-order valence-electron chi connectivity index (χ2n) is 10.8. The lowest BCUT2D eigenvalue weighted by Crippen LogP contribution is -2.42. The number of carbonyl (C=O) groups excluding carboxylic acids is 3. The predicted octanol–water partition coefficient (Wildman–Crippen LogP) is 3.42. The molecule has 5 rings (SSSR count). The molecule has 1 aromatic heterocycles. The van der Waals surface area contributed by atoms with Gasteiger partial charge < -0.3 is 31.7 Å². The number of rotatable bonds is 12. The summed E-state index contributed by atoms with van der Waals surface area (Å²) in [5.74, 6) is -2.35. The lowest BCUT2D eigenvalue weighted by atomic mass is 10.1. The number of halogens is 4. The van der Waals surface area contributed by atoms with Crippen molar-refractivity contribution in [3.05, 3.63) is 64.7 Å². The number of alkyl halides is 3. The van der Waals surface area contributed by atoms with E-state index >= 15 is 0 Å². The van der Waals surface area contributed by atoms with E-state index in [9.17, 15) is 27.6 Å². The Morgan fingerprint density at radius 3 is 2.11 bits per heavy atom. The first-order valence-electron chi connectivity index (χ1n) is 13.6. The third-order valence-corrected chi connectivity index (χ3v) is 7.56. The standard InChI is InChI=1S/C28H28ClF3N8O4/c29-18-5-3-17(4-6-18)27(11-12-27)40-24-37-23(38-25(39-24)44-15-28(30,31)32)36-19-7-1-16(2-8-19)21(42)34-13-26(9-10-26)14-35-22(43)20(33)41/h1-8H,9-15H2,(H2,33,41)(H,34,42)(H,35,43)(H2,36,37,38,39,40). The molecule has 0 saturated heterocycles. The zero-order valence-electron chi connectivity index (χ0n) is 23.1. The Morgan fingerprint density at radius 2 is 1.52 bits per heavy atom. The molecule has 3 amide bonds. The molecule has 0 bridgehead atoms. The van der Waals surface area contributed by atoms with Crippen molar-refractivity contribution in [2.75, 3.05) is 30.3 Å². The fourth-order valence-electron chi connectivity index (χ4n) is 4.42. The van der Waals surface area contributed by atoms with Gasteiger partial charge in [0.15, 0.2) is 6.61 Å². The summed E-state index contributed by atoms with van der Waals surface area (Å²) in [4.78, 5) is 47.4. The molecule has 2 fully saturated rings. The molecule has 2 aliphatic rings. The van der Waals surface area contributed by atoms with Gasteiger partial charge in [-0.05, 0) is 67.6 Å². The van der Waals surface area contributed by atoms with Crippen LogP contribution in [-0.2, 0) is 15.1 Å². The van der Waals surface area contributed by atoms with Gasteiger partial charge in [-0.1, -0.05) is 23.7 Å². The highest BCUT2D eigenvalue weighted by Crippen LogP contribution is 2.48. The summed E-state index contributed by atoms with van der Waals surface area (Å²) in [5, 5.41) is 12.0. The third kappa shape index (κ3) is 8.03. The third-order valence-electron chi connectivity index (χ3n) is 7.31. The number of ether oxygens (including phenoxy) is 1. The summed E-state index contributed by atoms with van der Waals surface area (Å²) >= 11 is 6.01. The lowest BCUT2D eigenvalue weighted by molar-refractivity contribution is -0.154. The van der Waals surface area contributed by atoms with E-state index in [2.05, 4.69) is 36.2 Å². The van der Waals surface area contributed by atoms with Gasteiger partial charge in [-0.15, -0.1) is 0 Å². The van der Waals surface area contributed by atoms with Crippen molar-refractivity contribution < 1.29 is 32.3 Å². The van der Waals surface area contributed by atoms with E-state index < -0.39 is 36.1 Å². The maximum absolute atomic E-state index is 12.8. The molecule has 0 radical (unpaired) electrons. The molecule has 2 saturated carbocycles. The van der Waals surface area contributed by atoms with E-state index in [0.717, 1.165) is 31.2 Å². The van der Waals surface area contributed by atoms with Gasteiger partial charge in [0.1, 0.15) is 0 Å². The molecule has 0 atom stereocenters. The molecule has 44 heavy (non-hydrogen) atoms. The topological polar surface area (TPSA) is 173 Å². The van der Waals surface area contributed by atoms with Crippen molar-refractivity contribution in [3.63, 3.8) is 0 Å². The van der Waals surface area contributed by atoms with Gasteiger partial charge in [0.05, 0.1) is 5.54 Å². The van der Waals surface area contributed by atoms with Gasteiger partial charge in [-0.25, -0.2) is 0 Å². The monoisotopic (exact) mass is 632 g/mol. The number of hydrogen-bond donors (Lipinski definition) is 5. The number of anilines is 3. The van der Waals surface area contributed by atoms with E-state index in [1.807, 2.05) is 12.1 Å². The van der Waals surface area contributed by atoms with Crippen LogP contribution in [0.5, 0.6) is 6.01 Å². The van der Waals surface area contributed by atoms with E-state index in [-0.39, 0.29) is 29.8 Å². The van der Waals surface area contributed by atoms with Crippen LogP contribution in [-0.4, -0.2) is 58.5 Å². The molecular weight excluding hydrogens is 605 g/mol. The van der Waals surface area contributed by atoms with Crippen molar-refractivity contribution in [1.82, 2.24) is 25.6 Å². The second kappa shape index (κ2) is 12.1. The smallest absolute Gasteiger partial charge is 0.422 e. The van der Waals surface area contributed by atoms with Crippen LogP contribution in [0, 0.1) is 5.41 Å². The van der Waals surface area contributed by atoms with Crippen LogP contribution < -0.4 is 31.7 Å². The number of nitrogens with two attached hydrogens (primary N) is 1. The summed E-state index contributed by atoms with van der Waals surface area (Å²) in [7, 11) is 0. The maximum atomic E-state index is 12.8. The first-order valence-corrected chi connectivity index (χ1v) is 13.9. The number of carbonyl (C=O) groups is 3. The molecule has 0 aliphatic heterocycles. The molecule has 6 N–H and O–H groups in total. The lowest BCUT2D eigenvalue weighted by Gasteiger charge is -2.19. The minimum absolute atomic E-state index is 0.0177. The predicted molar refractivity (Wildman–Crippen MR) is 153 cm³/mol. The van der Waals surface area contributed by atoms with Gasteiger partial charge in [-0.2, -0.15) is 28.1 Å². The fraction of sp³-hybridized carbons (Fsp3) is 0.357. The number of primary amides is 1. The Morgan fingerprint density at radius 1 is 0.886 bits per heavy atom. The maximum Gasteiger partial charge on any atom is 0.422 e. The van der Waals surface area contributed by atoms with E-state index in [1.165, 1.54) is 0 Å². The van der Waals surface area contributed by atoms with Crippen LogP contribution in [0.4, 0.5) is 30.8 Å². The van der Waals surface area contributed by atoms with Crippen molar-refractivity contribution in [3.8, 4) is 6.01 Å². The van der Waals surface area contributed by atoms with Crippen molar-refractivity contribution in [2.45, 2.75) is 37.4 Å². The highest BCUT2D eigenvalue weighted by Gasteiger charge is 2.45. The van der Waals surface area contributed by atoms with Crippen molar-refractivity contribution >= 4 is 46.9 Å². The van der Waals surface area contributed by atoms with Gasteiger partial charge >= 0.3 is 24.0 Å². The quantitative estimate of drug-likeness (QED) is 0.188. The Balaban J connectivity index is 1.24. The Bertz CT molecular complexity index is 1550. The van der Waals surface area contributed by atoms with Gasteiger partial charge in [0.2, 0.25) is 11.9 Å². The summed E-state index contributed by atoms with van der Waals surface area (Å²) in [6.45, 7) is -1.07. The largest absolute Gasteiger partial charge is 0.454 e. The normalized spacial score (nSPS) is 15.9. The minimum Gasteiger partial charge on any atom is -0.454 e. The van der Waals surface area contributed by atoms with Crippen molar-refractivity contribution in [2.24, 2.45) is 11.1 Å². The zero-order chi connectivity index (χ0) is 31.5. The second-order valence-corrected chi connectivity index (χ2v) is 11.3. The number of nitrogens with one attached hydrogen (secondary N) is 4. The van der Waals surface area contributed by atoms with Crippen LogP contribution in [0.1, 0.15) is 41.6 Å². The first-order chi connectivity index (χ1) is 20.8.